The Morgan fingerprint density at radius 1 is 1.14 bits per heavy atom. The maximum absolute atomic E-state index is 14.3. The molecular weight excluding hydrogens is 496 g/mol. The SMILES string of the molecule is COCCNC(=O)c1ccc2c(=O)n(-c3cccc(F)c3)c(SCc3c(F)cccc3Cl)nc2c1. The zero-order valence-corrected chi connectivity index (χ0v) is 20.1. The Morgan fingerprint density at radius 3 is 2.69 bits per heavy atom. The van der Waals surface area contributed by atoms with Crippen LogP contribution in [0.3, 0.4) is 0 Å². The molecule has 180 valence electrons. The van der Waals surface area contributed by atoms with E-state index in [-0.39, 0.29) is 44.0 Å². The van der Waals surface area contributed by atoms with Crippen LogP contribution in [0.1, 0.15) is 15.9 Å². The monoisotopic (exact) mass is 515 g/mol. The highest BCUT2D eigenvalue weighted by molar-refractivity contribution is 7.98. The molecule has 1 amide bonds. The first kappa shape index (κ1) is 24.8. The number of nitrogens with one attached hydrogen (secondary N) is 1. The van der Waals surface area contributed by atoms with Gasteiger partial charge in [0.05, 0.1) is 23.2 Å². The summed E-state index contributed by atoms with van der Waals surface area (Å²) in [5.41, 5.74) is 0.675. The van der Waals surface area contributed by atoms with E-state index in [1.807, 2.05) is 0 Å². The molecule has 35 heavy (non-hydrogen) atoms. The van der Waals surface area contributed by atoms with Gasteiger partial charge in [0.15, 0.2) is 5.16 Å². The van der Waals surface area contributed by atoms with Gasteiger partial charge in [0, 0.05) is 35.6 Å². The van der Waals surface area contributed by atoms with Gasteiger partial charge < -0.3 is 10.1 Å². The molecule has 6 nitrogen and oxygen atoms in total. The maximum atomic E-state index is 14.3. The molecule has 3 aromatic carbocycles. The fraction of sp³-hybridized carbons (Fsp3) is 0.160. The predicted molar refractivity (Wildman–Crippen MR) is 132 cm³/mol. The molecule has 0 aliphatic carbocycles. The number of thioether (sulfide) groups is 1. The molecule has 0 saturated heterocycles. The van der Waals surface area contributed by atoms with Crippen molar-refractivity contribution in [2.45, 2.75) is 10.9 Å². The second-order valence-corrected chi connectivity index (χ2v) is 8.83. The fourth-order valence-corrected chi connectivity index (χ4v) is 4.78. The second-order valence-electron chi connectivity index (χ2n) is 7.48. The molecule has 1 heterocycles. The molecule has 4 rings (SSSR count). The van der Waals surface area contributed by atoms with Crippen molar-refractivity contribution in [1.82, 2.24) is 14.9 Å². The number of benzene rings is 3. The number of amides is 1. The first-order valence-electron chi connectivity index (χ1n) is 10.5. The maximum Gasteiger partial charge on any atom is 0.266 e. The van der Waals surface area contributed by atoms with Crippen LogP contribution in [0.5, 0.6) is 0 Å². The topological polar surface area (TPSA) is 73.2 Å². The van der Waals surface area contributed by atoms with Crippen molar-refractivity contribution in [3.63, 3.8) is 0 Å². The number of carbonyl (C=O) groups excluding carboxylic acids is 1. The predicted octanol–water partition coefficient (Wildman–Crippen LogP) is 4.99. The van der Waals surface area contributed by atoms with Crippen LogP contribution >= 0.6 is 23.4 Å². The number of ether oxygens (including phenoxy) is 1. The van der Waals surface area contributed by atoms with Crippen molar-refractivity contribution < 1.29 is 18.3 Å². The molecule has 0 aliphatic heterocycles. The molecule has 0 atom stereocenters. The summed E-state index contributed by atoms with van der Waals surface area (Å²) < 4.78 is 34.5. The largest absolute Gasteiger partial charge is 0.383 e. The third kappa shape index (κ3) is 5.53. The van der Waals surface area contributed by atoms with Crippen LogP contribution in [-0.4, -0.2) is 35.7 Å². The van der Waals surface area contributed by atoms with E-state index in [0.717, 1.165) is 11.8 Å². The lowest BCUT2D eigenvalue weighted by atomic mass is 10.1. The highest BCUT2D eigenvalue weighted by Crippen LogP contribution is 2.29. The summed E-state index contributed by atoms with van der Waals surface area (Å²) in [5, 5.41) is 3.41. The molecule has 10 heteroatoms. The summed E-state index contributed by atoms with van der Waals surface area (Å²) in [6.07, 6.45) is 0. The zero-order valence-electron chi connectivity index (χ0n) is 18.6. The Balaban J connectivity index is 1.81. The number of hydrogen-bond acceptors (Lipinski definition) is 5. The Morgan fingerprint density at radius 2 is 1.94 bits per heavy atom. The fourth-order valence-electron chi connectivity index (χ4n) is 3.42. The van der Waals surface area contributed by atoms with E-state index in [1.54, 1.807) is 12.1 Å². The Labute approximate surface area is 208 Å². The summed E-state index contributed by atoms with van der Waals surface area (Å²) in [4.78, 5) is 30.5. The van der Waals surface area contributed by atoms with Crippen molar-refractivity contribution >= 4 is 40.2 Å². The lowest BCUT2D eigenvalue weighted by Crippen LogP contribution is -2.27. The number of methoxy groups -OCH3 is 1. The second kappa shape index (κ2) is 11.0. The van der Waals surface area contributed by atoms with E-state index in [1.165, 1.54) is 60.2 Å². The molecule has 1 N–H and O–H groups in total. The lowest BCUT2D eigenvalue weighted by Gasteiger charge is -2.14. The van der Waals surface area contributed by atoms with Gasteiger partial charge in [-0.25, -0.2) is 13.8 Å². The van der Waals surface area contributed by atoms with Gasteiger partial charge in [-0.3, -0.25) is 14.2 Å². The van der Waals surface area contributed by atoms with Gasteiger partial charge in [0.2, 0.25) is 0 Å². The van der Waals surface area contributed by atoms with E-state index in [0.29, 0.717) is 18.7 Å². The molecule has 0 unspecified atom stereocenters. The van der Waals surface area contributed by atoms with Crippen LogP contribution in [0.25, 0.3) is 16.6 Å². The highest BCUT2D eigenvalue weighted by Gasteiger charge is 2.17. The van der Waals surface area contributed by atoms with Crippen molar-refractivity contribution in [3.05, 3.63) is 98.8 Å². The van der Waals surface area contributed by atoms with Crippen molar-refractivity contribution in [2.75, 3.05) is 20.3 Å². The molecule has 0 spiro atoms. The van der Waals surface area contributed by atoms with E-state index < -0.39 is 17.2 Å². The van der Waals surface area contributed by atoms with Crippen LogP contribution in [0.15, 0.2) is 70.6 Å². The van der Waals surface area contributed by atoms with Gasteiger partial charge in [-0.1, -0.05) is 35.5 Å². The average molecular weight is 516 g/mol. The minimum atomic E-state index is -0.523. The zero-order chi connectivity index (χ0) is 24.9. The first-order chi connectivity index (χ1) is 16.9. The normalized spacial score (nSPS) is 11.1. The third-order valence-electron chi connectivity index (χ3n) is 5.17. The first-order valence-corrected chi connectivity index (χ1v) is 11.9. The van der Waals surface area contributed by atoms with Gasteiger partial charge in [-0.2, -0.15) is 0 Å². The smallest absolute Gasteiger partial charge is 0.266 e. The van der Waals surface area contributed by atoms with Gasteiger partial charge in [0.25, 0.3) is 11.5 Å². The number of fused-ring (bicyclic) bond motifs is 1. The van der Waals surface area contributed by atoms with Gasteiger partial charge in [-0.05, 0) is 48.5 Å². The minimum Gasteiger partial charge on any atom is -0.383 e. The number of nitrogens with zero attached hydrogens (tertiary/aromatic N) is 2. The Hall–Kier alpha value is -3.27. The average Bonchev–Trinajstić information content (AvgIpc) is 2.83. The van der Waals surface area contributed by atoms with Crippen molar-refractivity contribution in [2.24, 2.45) is 0 Å². The number of aromatic nitrogens is 2. The summed E-state index contributed by atoms with van der Waals surface area (Å²) in [7, 11) is 1.53. The molecule has 0 fully saturated rings. The molecule has 1 aromatic heterocycles. The molecule has 4 aromatic rings. The van der Waals surface area contributed by atoms with Gasteiger partial charge >= 0.3 is 0 Å². The summed E-state index contributed by atoms with van der Waals surface area (Å²) >= 11 is 7.24. The summed E-state index contributed by atoms with van der Waals surface area (Å²) in [6.45, 7) is 0.682. The Kier molecular flexibility index (Phi) is 7.80. The van der Waals surface area contributed by atoms with Crippen molar-refractivity contribution in [3.8, 4) is 5.69 Å². The van der Waals surface area contributed by atoms with Crippen LogP contribution < -0.4 is 10.9 Å². The van der Waals surface area contributed by atoms with E-state index in [4.69, 9.17) is 16.3 Å². The number of hydrogen-bond donors (Lipinski definition) is 1. The summed E-state index contributed by atoms with van der Waals surface area (Å²) in [5.74, 6) is -1.27. The quantitative estimate of drug-likeness (QED) is 0.203. The highest BCUT2D eigenvalue weighted by atomic mass is 35.5. The van der Waals surface area contributed by atoms with Crippen LogP contribution in [0, 0.1) is 11.6 Å². The standard InChI is InChI=1S/C25H20ClF2N3O3S/c1-34-11-10-29-23(32)15-8-9-18-22(12-15)30-25(35-14-19-20(26)6-3-7-21(19)28)31(24(18)33)17-5-2-4-16(27)13-17/h2-9,12-13H,10-11,14H2,1H3,(H,29,32). The van der Waals surface area contributed by atoms with E-state index >= 15 is 0 Å². The molecular formula is C25H20ClF2N3O3S. The van der Waals surface area contributed by atoms with Gasteiger partial charge in [-0.15, -0.1) is 0 Å². The summed E-state index contributed by atoms with van der Waals surface area (Å²) in [6, 6.07) is 14.5. The van der Waals surface area contributed by atoms with Crippen LogP contribution in [0.4, 0.5) is 8.78 Å². The molecule has 0 aliphatic rings. The number of carbonyl (C=O) groups is 1. The van der Waals surface area contributed by atoms with Crippen LogP contribution in [-0.2, 0) is 10.5 Å². The van der Waals surface area contributed by atoms with Gasteiger partial charge in [0.1, 0.15) is 11.6 Å². The van der Waals surface area contributed by atoms with Crippen molar-refractivity contribution in [1.29, 1.82) is 0 Å². The number of rotatable bonds is 8. The van der Waals surface area contributed by atoms with Crippen LogP contribution in [0.2, 0.25) is 5.02 Å². The molecule has 0 bridgehead atoms. The van der Waals surface area contributed by atoms with E-state index in [9.17, 15) is 18.4 Å². The minimum absolute atomic E-state index is 0.0793. The molecule has 0 radical (unpaired) electrons. The molecule has 0 saturated carbocycles. The number of halogens is 3. The Bertz CT molecular complexity index is 1440. The van der Waals surface area contributed by atoms with E-state index in [2.05, 4.69) is 10.3 Å². The third-order valence-corrected chi connectivity index (χ3v) is 6.49. The lowest BCUT2D eigenvalue weighted by molar-refractivity contribution is 0.0937.